The van der Waals surface area contributed by atoms with E-state index < -0.39 is 0 Å². The molecule has 0 saturated carbocycles. The molecule has 0 atom stereocenters. The van der Waals surface area contributed by atoms with E-state index in [1.165, 1.54) is 0 Å². The number of hydrogen-bond acceptors (Lipinski definition) is 5. The van der Waals surface area contributed by atoms with Crippen LogP contribution in [0.15, 0.2) is 18.5 Å². The van der Waals surface area contributed by atoms with Crippen molar-refractivity contribution in [2.75, 3.05) is 32.8 Å². The Morgan fingerprint density at radius 1 is 1.39 bits per heavy atom. The largest absolute Gasteiger partial charge is 0.489 e. The predicted octanol–water partition coefficient (Wildman–Crippen LogP) is 1.71. The Morgan fingerprint density at radius 2 is 2.09 bits per heavy atom. The summed E-state index contributed by atoms with van der Waals surface area (Å²) < 4.78 is 11.0. The topological polar surface area (TPSA) is 63.7 Å². The second-order valence-electron chi connectivity index (χ2n) is 6.80. The van der Waals surface area contributed by atoms with Gasteiger partial charge in [-0.3, -0.25) is 14.7 Å². The van der Waals surface area contributed by atoms with Gasteiger partial charge >= 0.3 is 0 Å². The lowest BCUT2D eigenvalue weighted by Crippen LogP contribution is -2.53. The molecule has 1 amide bonds. The van der Waals surface area contributed by atoms with Gasteiger partial charge in [-0.15, -0.1) is 0 Å². The number of nitrogens with zero attached hydrogens (tertiary/aromatic N) is 2. The summed E-state index contributed by atoms with van der Waals surface area (Å²) in [6, 6.07) is 1.73. The van der Waals surface area contributed by atoms with Crippen molar-refractivity contribution >= 4 is 5.91 Å². The first-order valence-corrected chi connectivity index (χ1v) is 8.10. The van der Waals surface area contributed by atoms with Crippen LogP contribution in [0.2, 0.25) is 0 Å². The van der Waals surface area contributed by atoms with Crippen molar-refractivity contribution in [3.8, 4) is 5.75 Å². The highest BCUT2D eigenvalue weighted by Crippen LogP contribution is 2.15. The molecule has 128 valence electrons. The zero-order valence-corrected chi connectivity index (χ0v) is 14.5. The number of pyridine rings is 1. The van der Waals surface area contributed by atoms with E-state index in [1.54, 1.807) is 18.5 Å². The summed E-state index contributed by atoms with van der Waals surface area (Å²) in [6.07, 6.45) is 3.23. The van der Waals surface area contributed by atoms with E-state index in [2.05, 4.69) is 15.2 Å². The van der Waals surface area contributed by atoms with Crippen LogP contribution in [0.5, 0.6) is 5.75 Å². The Balaban J connectivity index is 1.96. The maximum absolute atomic E-state index is 12.5. The van der Waals surface area contributed by atoms with Crippen LogP contribution in [0.25, 0.3) is 0 Å². The highest BCUT2D eigenvalue weighted by Gasteiger charge is 2.25. The molecule has 1 aliphatic heterocycles. The molecule has 0 aliphatic carbocycles. The highest BCUT2D eigenvalue weighted by atomic mass is 16.5. The lowest BCUT2D eigenvalue weighted by atomic mass is 10.0. The van der Waals surface area contributed by atoms with Crippen molar-refractivity contribution in [2.24, 2.45) is 0 Å². The molecule has 1 aromatic heterocycles. The number of aromatic nitrogens is 1. The first-order valence-electron chi connectivity index (χ1n) is 8.10. The summed E-state index contributed by atoms with van der Waals surface area (Å²) in [5.74, 6) is 0.476. The standard InChI is InChI=1S/C17H27N3O3/c1-13(2)23-15-9-14(10-18-11-15)16(21)19-17(3,4)12-20-5-7-22-8-6-20/h9-11,13H,5-8,12H2,1-4H3,(H,19,21). The highest BCUT2D eigenvalue weighted by molar-refractivity contribution is 5.94. The minimum Gasteiger partial charge on any atom is -0.489 e. The fraction of sp³-hybridized carbons (Fsp3) is 0.647. The fourth-order valence-corrected chi connectivity index (χ4v) is 2.62. The van der Waals surface area contributed by atoms with Gasteiger partial charge in [-0.05, 0) is 33.8 Å². The number of nitrogens with one attached hydrogen (secondary N) is 1. The van der Waals surface area contributed by atoms with E-state index in [-0.39, 0.29) is 17.6 Å². The van der Waals surface area contributed by atoms with Crippen LogP contribution >= 0.6 is 0 Å². The van der Waals surface area contributed by atoms with Crippen molar-refractivity contribution in [3.05, 3.63) is 24.0 Å². The van der Waals surface area contributed by atoms with Gasteiger partial charge in [-0.25, -0.2) is 0 Å². The van der Waals surface area contributed by atoms with Crippen LogP contribution in [0.4, 0.5) is 0 Å². The van der Waals surface area contributed by atoms with E-state index >= 15 is 0 Å². The molecular formula is C17H27N3O3. The third kappa shape index (κ3) is 5.80. The van der Waals surface area contributed by atoms with Crippen LogP contribution in [0.1, 0.15) is 38.1 Å². The summed E-state index contributed by atoms with van der Waals surface area (Å²) in [7, 11) is 0. The number of amides is 1. The van der Waals surface area contributed by atoms with Gasteiger partial charge in [-0.1, -0.05) is 0 Å². The molecule has 1 aliphatic rings. The maximum Gasteiger partial charge on any atom is 0.253 e. The molecule has 0 spiro atoms. The molecule has 2 heterocycles. The van der Waals surface area contributed by atoms with Gasteiger partial charge in [0.05, 0.1) is 31.1 Å². The van der Waals surface area contributed by atoms with Gasteiger partial charge in [0.15, 0.2) is 0 Å². The van der Waals surface area contributed by atoms with Crippen LogP contribution < -0.4 is 10.1 Å². The Morgan fingerprint density at radius 3 is 2.74 bits per heavy atom. The number of hydrogen-bond donors (Lipinski definition) is 1. The first-order chi connectivity index (χ1) is 10.9. The Labute approximate surface area is 138 Å². The van der Waals surface area contributed by atoms with Crippen molar-refractivity contribution in [3.63, 3.8) is 0 Å². The lowest BCUT2D eigenvalue weighted by molar-refractivity contribution is 0.0269. The van der Waals surface area contributed by atoms with Crippen LogP contribution in [0, 0.1) is 0 Å². The molecule has 23 heavy (non-hydrogen) atoms. The van der Waals surface area contributed by atoms with Gasteiger partial charge in [0.25, 0.3) is 5.91 Å². The van der Waals surface area contributed by atoms with E-state index in [0.29, 0.717) is 11.3 Å². The molecule has 0 unspecified atom stereocenters. The van der Waals surface area contributed by atoms with Gasteiger partial charge < -0.3 is 14.8 Å². The monoisotopic (exact) mass is 321 g/mol. The molecule has 1 aromatic rings. The second kappa shape index (κ2) is 7.75. The van der Waals surface area contributed by atoms with Crippen molar-refractivity contribution in [1.82, 2.24) is 15.2 Å². The van der Waals surface area contributed by atoms with Crippen LogP contribution in [-0.2, 0) is 4.74 Å². The Kier molecular flexibility index (Phi) is 5.96. The molecule has 1 fully saturated rings. The molecule has 0 bridgehead atoms. The van der Waals surface area contributed by atoms with Crippen LogP contribution in [-0.4, -0.2) is 60.3 Å². The summed E-state index contributed by atoms with van der Waals surface area (Å²) in [5, 5.41) is 3.08. The summed E-state index contributed by atoms with van der Waals surface area (Å²) in [6.45, 7) is 12.0. The van der Waals surface area contributed by atoms with Crippen molar-refractivity contribution < 1.29 is 14.3 Å². The average Bonchev–Trinajstić information content (AvgIpc) is 2.46. The number of carbonyl (C=O) groups is 1. The van der Waals surface area contributed by atoms with E-state index in [4.69, 9.17) is 9.47 Å². The number of ether oxygens (including phenoxy) is 2. The number of carbonyl (C=O) groups excluding carboxylic acids is 1. The molecule has 1 N–H and O–H groups in total. The van der Waals surface area contributed by atoms with Gasteiger partial charge in [0.2, 0.25) is 0 Å². The third-order valence-corrected chi connectivity index (χ3v) is 3.52. The van der Waals surface area contributed by atoms with E-state index in [9.17, 15) is 4.79 Å². The maximum atomic E-state index is 12.5. The normalized spacial score (nSPS) is 16.4. The molecule has 0 aromatic carbocycles. The van der Waals surface area contributed by atoms with E-state index in [0.717, 1.165) is 32.8 Å². The third-order valence-electron chi connectivity index (χ3n) is 3.52. The second-order valence-corrected chi connectivity index (χ2v) is 6.80. The molecular weight excluding hydrogens is 294 g/mol. The Hall–Kier alpha value is -1.66. The predicted molar refractivity (Wildman–Crippen MR) is 88.8 cm³/mol. The van der Waals surface area contributed by atoms with Gasteiger partial charge in [-0.2, -0.15) is 0 Å². The van der Waals surface area contributed by atoms with Crippen molar-refractivity contribution in [1.29, 1.82) is 0 Å². The van der Waals surface area contributed by atoms with Gasteiger partial charge in [0, 0.05) is 31.4 Å². The SMILES string of the molecule is CC(C)Oc1cncc(C(=O)NC(C)(C)CN2CCOCC2)c1. The van der Waals surface area contributed by atoms with E-state index in [1.807, 2.05) is 27.7 Å². The Bertz CT molecular complexity index is 526. The molecule has 0 radical (unpaired) electrons. The average molecular weight is 321 g/mol. The fourth-order valence-electron chi connectivity index (χ4n) is 2.62. The smallest absolute Gasteiger partial charge is 0.253 e. The summed E-state index contributed by atoms with van der Waals surface area (Å²) in [5.41, 5.74) is 0.182. The quantitative estimate of drug-likeness (QED) is 0.864. The minimum atomic E-state index is -0.330. The summed E-state index contributed by atoms with van der Waals surface area (Å²) >= 11 is 0. The summed E-state index contributed by atoms with van der Waals surface area (Å²) in [4.78, 5) is 18.9. The zero-order chi connectivity index (χ0) is 16.9. The molecule has 6 nitrogen and oxygen atoms in total. The molecule has 6 heteroatoms. The lowest BCUT2D eigenvalue weighted by Gasteiger charge is -2.35. The van der Waals surface area contributed by atoms with Gasteiger partial charge in [0.1, 0.15) is 5.75 Å². The number of morpholine rings is 1. The van der Waals surface area contributed by atoms with Crippen LogP contribution in [0.3, 0.4) is 0 Å². The molecule has 2 rings (SSSR count). The minimum absolute atomic E-state index is 0.0490. The van der Waals surface area contributed by atoms with Crippen molar-refractivity contribution in [2.45, 2.75) is 39.3 Å². The number of rotatable bonds is 6. The molecule has 1 saturated heterocycles. The first kappa shape index (κ1) is 17.7. The zero-order valence-electron chi connectivity index (χ0n) is 14.5.